The molecule has 0 amide bonds. The summed E-state index contributed by atoms with van der Waals surface area (Å²) in [6.45, 7) is 2.10. The number of likely N-dealkylation sites (N-methyl/N-ethyl adjacent to an activating group) is 1. The summed E-state index contributed by atoms with van der Waals surface area (Å²) in [4.78, 5) is 6.72. The van der Waals surface area contributed by atoms with E-state index in [1.165, 1.54) is 24.8 Å². The van der Waals surface area contributed by atoms with Gasteiger partial charge in [-0.05, 0) is 31.4 Å². The van der Waals surface area contributed by atoms with Crippen molar-refractivity contribution < 1.29 is 0 Å². The van der Waals surface area contributed by atoms with Gasteiger partial charge in [-0.3, -0.25) is 0 Å². The Balaban J connectivity index is 2.17. The van der Waals surface area contributed by atoms with Crippen LogP contribution in [0.2, 0.25) is 0 Å². The number of aromatic nitrogens is 1. The predicted octanol–water partition coefficient (Wildman–Crippen LogP) is 2.10. The quantitative estimate of drug-likeness (QED) is 0.828. The zero-order valence-corrected chi connectivity index (χ0v) is 10.2. The third kappa shape index (κ3) is 2.19. The Hall–Kier alpha value is -1.09. The summed E-state index contributed by atoms with van der Waals surface area (Å²) in [6.07, 6.45) is 6.74. The van der Waals surface area contributed by atoms with Crippen molar-refractivity contribution in [2.45, 2.75) is 44.7 Å². The second kappa shape index (κ2) is 4.83. The van der Waals surface area contributed by atoms with Gasteiger partial charge in [-0.2, -0.15) is 0 Å². The van der Waals surface area contributed by atoms with Crippen molar-refractivity contribution in [2.75, 3.05) is 11.9 Å². The van der Waals surface area contributed by atoms with Gasteiger partial charge < -0.3 is 10.6 Å². The Labute approximate surface area is 97.7 Å². The smallest absolute Gasteiger partial charge is 0.131 e. The van der Waals surface area contributed by atoms with E-state index in [2.05, 4.69) is 29.9 Å². The first-order valence-corrected chi connectivity index (χ1v) is 6.10. The minimum absolute atomic E-state index is 0.292. The lowest BCUT2D eigenvalue weighted by molar-refractivity contribution is 0.372. The lowest BCUT2D eigenvalue weighted by Gasteiger charge is -2.37. The number of hydrogen-bond donors (Lipinski definition) is 1. The molecule has 1 aliphatic rings. The van der Waals surface area contributed by atoms with E-state index >= 15 is 0 Å². The topological polar surface area (TPSA) is 42.2 Å². The number of pyridine rings is 1. The van der Waals surface area contributed by atoms with Crippen LogP contribution in [0.4, 0.5) is 5.82 Å². The number of hydrogen-bond acceptors (Lipinski definition) is 3. The van der Waals surface area contributed by atoms with Gasteiger partial charge in [0.2, 0.25) is 0 Å². The molecule has 0 radical (unpaired) electrons. The van der Waals surface area contributed by atoms with E-state index < -0.39 is 0 Å². The second-order valence-corrected chi connectivity index (χ2v) is 4.77. The molecule has 0 spiro atoms. The fraction of sp³-hybridized carbons (Fsp3) is 0.615. The molecule has 16 heavy (non-hydrogen) atoms. The van der Waals surface area contributed by atoms with Crippen molar-refractivity contribution in [3.8, 4) is 0 Å². The molecule has 3 nitrogen and oxygen atoms in total. The molecule has 1 heterocycles. The number of aryl methyl sites for hydroxylation is 1. The Kier molecular flexibility index (Phi) is 3.44. The fourth-order valence-electron chi connectivity index (χ4n) is 2.62. The SMILES string of the molecule is Cc1cccnc1N(C)C1CCCCC1N. The van der Waals surface area contributed by atoms with Crippen LogP contribution in [0.5, 0.6) is 0 Å². The molecule has 0 saturated heterocycles. The van der Waals surface area contributed by atoms with Gasteiger partial charge in [-0.1, -0.05) is 18.9 Å². The third-order valence-electron chi connectivity index (χ3n) is 3.59. The normalized spacial score (nSPS) is 25.4. The summed E-state index contributed by atoms with van der Waals surface area (Å²) in [5.41, 5.74) is 7.42. The molecule has 1 saturated carbocycles. The van der Waals surface area contributed by atoms with Crippen molar-refractivity contribution in [3.63, 3.8) is 0 Å². The maximum atomic E-state index is 6.20. The highest BCUT2D eigenvalue weighted by molar-refractivity contribution is 5.46. The molecule has 3 heteroatoms. The Morgan fingerprint density at radius 2 is 2.12 bits per heavy atom. The van der Waals surface area contributed by atoms with Crippen LogP contribution < -0.4 is 10.6 Å². The Bertz CT molecular complexity index is 351. The van der Waals surface area contributed by atoms with Crippen LogP contribution in [0.15, 0.2) is 18.3 Å². The van der Waals surface area contributed by atoms with Gasteiger partial charge in [0.15, 0.2) is 0 Å². The summed E-state index contributed by atoms with van der Waals surface area (Å²) >= 11 is 0. The highest BCUT2D eigenvalue weighted by atomic mass is 15.2. The number of nitrogens with zero attached hydrogens (tertiary/aromatic N) is 2. The van der Waals surface area contributed by atoms with Crippen molar-refractivity contribution in [2.24, 2.45) is 5.73 Å². The lowest BCUT2D eigenvalue weighted by Crippen LogP contribution is -2.48. The van der Waals surface area contributed by atoms with Crippen LogP contribution in [0, 0.1) is 6.92 Å². The Morgan fingerprint density at radius 1 is 1.38 bits per heavy atom. The van der Waals surface area contributed by atoms with Crippen LogP contribution in [0.1, 0.15) is 31.2 Å². The molecule has 1 aromatic rings. The summed E-state index contributed by atoms with van der Waals surface area (Å²) in [5, 5.41) is 0. The molecule has 88 valence electrons. The standard InChI is InChI=1S/C13H21N3/c1-10-6-5-9-15-13(10)16(2)12-8-4-3-7-11(12)14/h5-6,9,11-12H,3-4,7-8,14H2,1-2H3. The molecule has 1 fully saturated rings. The van der Waals surface area contributed by atoms with Crippen molar-refractivity contribution >= 4 is 5.82 Å². The second-order valence-electron chi connectivity index (χ2n) is 4.77. The maximum Gasteiger partial charge on any atom is 0.131 e. The fourth-order valence-corrected chi connectivity index (χ4v) is 2.62. The van der Waals surface area contributed by atoms with E-state index in [1.807, 2.05) is 12.3 Å². The molecule has 0 aliphatic heterocycles. The van der Waals surface area contributed by atoms with Gasteiger partial charge in [0.1, 0.15) is 5.82 Å². The van der Waals surface area contributed by atoms with Crippen LogP contribution in [0.3, 0.4) is 0 Å². The van der Waals surface area contributed by atoms with Crippen LogP contribution >= 0.6 is 0 Å². The zero-order chi connectivity index (χ0) is 11.5. The van der Waals surface area contributed by atoms with Crippen LogP contribution in [-0.2, 0) is 0 Å². The molecular weight excluding hydrogens is 198 g/mol. The molecule has 2 atom stereocenters. The van der Waals surface area contributed by atoms with E-state index in [0.717, 1.165) is 12.2 Å². The summed E-state index contributed by atoms with van der Waals surface area (Å²) in [7, 11) is 2.12. The number of rotatable bonds is 2. The molecular formula is C13H21N3. The van der Waals surface area contributed by atoms with Gasteiger partial charge >= 0.3 is 0 Å². The van der Waals surface area contributed by atoms with E-state index in [-0.39, 0.29) is 0 Å². The largest absolute Gasteiger partial charge is 0.355 e. The molecule has 0 bridgehead atoms. The zero-order valence-electron chi connectivity index (χ0n) is 10.2. The van der Waals surface area contributed by atoms with Gasteiger partial charge in [0.05, 0.1) is 0 Å². The summed E-state index contributed by atoms with van der Waals surface area (Å²) in [5.74, 6) is 1.07. The first kappa shape index (κ1) is 11.4. The highest BCUT2D eigenvalue weighted by Gasteiger charge is 2.26. The van der Waals surface area contributed by atoms with Gasteiger partial charge in [0, 0.05) is 25.3 Å². The third-order valence-corrected chi connectivity index (χ3v) is 3.59. The van der Waals surface area contributed by atoms with E-state index in [0.29, 0.717) is 12.1 Å². The molecule has 2 N–H and O–H groups in total. The van der Waals surface area contributed by atoms with Gasteiger partial charge in [0.25, 0.3) is 0 Å². The summed E-state index contributed by atoms with van der Waals surface area (Å²) in [6, 6.07) is 4.82. The maximum absolute atomic E-state index is 6.20. The monoisotopic (exact) mass is 219 g/mol. The van der Waals surface area contributed by atoms with E-state index in [1.54, 1.807) is 0 Å². The van der Waals surface area contributed by atoms with Crippen molar-refractivity contribution in [3.05, 3.63) is 23.9 Å². The lowest BCUT2D eigenvalue weighted by atomic mass is 9.90. The average Bonchev–Trinajstić information content (AvgIpc) is 2.29. The number of anilines is 1. The van der Waals surface area contributed by atoms with Crippen LogP contribution in [-0.4, -0.2) is 24.1 Å². The first-order chi connectivity index (χ1) is 7.70. The summed E-state index contributed by atoms with van der Waals surface area (Å²) < 4.78 is 0. The predicted molar refractivity (Wildman–Crippen MR) is 67.6 cm³/mol. The highest BCUT2D eigenvalue weighted by Crippen LogP contribution is 2.25. The van der Waals surface area contributed by atoms with E-state index in [4.69, 9.17) is 5.73 Å². The first-order valence-electron chi connectivity index (χ1n) is 6.10. The average molecular weight is 219 g/mol. The minimum atomic E-state index is 0.292. The molecule has 1 aromatic heterocycles. The van der Waals surface area contributed by atoms with Crippen LogP contribution in [0.25, 0.3) is 0 Å². The van der Waals surface area contributed by atoms with Crippen molar-refractivity contribution in [1.82, 2.24) is 4.98 Å². The Morgan fingerprint density at radius 3 is 2.81 bits per heavy atom. The van der Waals surface area contributed by atoms with Crippen molar-refractivity contribution in [1.29, 1.82) is 0 Å². The number of nitrogens with two attached hydrogens (primary N) is 1. The molecule has 2 rings (SSSR count). The molecule has 1 aliphatic carbocycles. The van der Waals surface area contributed by atoms with E-state index in [9.17, 15) is 0 Å². The van der Waals surface area contributed by atoms with Gasteiger partial charge in [-0.25, -0.2) is 4.98 Å². The molecule has 0 aromatic carbocycles. The van der Waals surface area contributed by atoms with Gasteiger partial charge in [-0.15, -0.1) is 0 Å². The molecule has 2 unspecified atom stereocenters. The minimum Gasteiger partial charge on any atom is -0.355 e.